The van der Waals surface area contributed by atoms with Crippen LogP contribution < -0.4 is 0 Å². The van der Waals surface area contributed by atoms with Crippen LogP contribution in [-0.4, -0.2) is 10.8 Å². The predicted molar refractivity (Wildman–Crippen MR) is 62.0 cm³/mol. The summed E-state index contributed by atoms with van der Waals surface area (Å²) < 4.78 is 0. The monoisotopic (exact) mass is 225 g/mol. The van der Waals surface area contributed by atoms with Crippen molar-refractivity contribution < 1.29 is 4.79 Å². The Labute approximate surface area is 95.7 Å². The van der Waals surface area contributed by atoms with Crippen LogP contribution in [0.3, 0.4) is 0 Å². The van der Waals surface area contributed by atoms with Gasteiger partial charge >= 0.3 is 0 Å². The number of hydrogen-bond donors (Lipinski definition) is 0. The molecule has 1 unspecified atom stereocenters. The highest BCUT2D eigenvalue weighted by atomic mass is 35.5. The normalized spacial score (nSPS) is 12.9. The molecule has 82 valence electrons. The van der Waals surface area contributed by atoms with Gasteiger partial charge in [-0.1, -0.05) is 32.4 Å². The third-order valence-corrected chi connectivity index (χ3v) is 3.07. The Bertz CT molecular complexity index is 349. The van der Waals surface area contributed by atoms with E-state index in [2.05, 4.69) is 18.8 Å². The minimum absolute atomic E-state index is 0.0780. The summed E-state index contributed by atoms with van der Waals surface area (Å²) in [4.78, 5) is 15.7. The summed E-state index contributed by atoms with van der Waals surface area (Å²) in [6.45, 7) is 6.07. The summed E-state index contributed by atoms with van der Waals surface area (Å²) in [5.74, 6) is 0.686. The van der Waals surface area contributed by atoms with Crippen LogP contribution in [0.2, 0.25) is 5.02 Å². The van der Waals surface area contributed by atoms with Crippen molar-refractivity contribution >= 4 is 17.4 Å². The molecule has 0 saturated heterocycles. The molecule has 1 heterocycles. The fourth-order valence-corrected chi connectivity index (χ4v) is 1.45. The second-order valence-corrected chi connectivity index (χ2v) is 4.55. The van der Waals surface area contributed by atoms with Gasteiger partial charge in [-0.25, -0.2) is 0 Å². The second kappa shape index (κ2) is 5.26. The Hall–Kier alpha value is -0.890. The van der Waals surface area contributed by atoms with Gasteiger partial charge in [-0.15, -0.1) is 0 Å². The Kier molecular flexibility index (Phi) is 4.28. The van der Waals surface area contributed by atoms with Crippen LogP contribution in [0.1, 0.15) is 26.3 Å². The first-order valence-corrected chi connectivity index (χ1v) is 5.51. The molecule has 0 N–H and O–H groups in total. The third-order valence-electron chi connectivity index (χ3n) is 2.73. The predicted octanol–water partition coefficient (Wildman–Crippen LogP) is 3.14. The molecule has 1 rings (SSSR count). The fraction of sp³-hybridized carbons (Fsp3) is 0.500. The highest BCUT2D eigenvalue weighted by Gasteiger charge is 2.17. The van der Waals surface area contributed by atoms with Crippen LogP contribution in [0, 0.1) is 11.8 Å². The minimum Gasteiger partial charge on any atom is -0.299 e. The Morgan fingerprint density at radius 3 is 2.67 bits per heavy atom. The lowest BCUT2D eigenvalue weighted by atomic mass is 9.90. The van der Waals surface area contributed by atoms with Gasteiger partial charge in [-0.05, 0) is 17.5 Å². The number of Topliss-reactive ketones (excluding diaryl/α,β-unsaturated/α-hetero) is 1. The topological polar surface area (TPSA) is 30.0 Å². The Morgan fingerprint density at radius 2 is 2.13 bits per heavy atom. The zero-order valence-electron chi connectivity index (χ0n) is 9.33. The number of nitrogens with zero attached hydrogens (tertiary/aromatic N) is 1. The van der Waals surface area contributed by atoms with Gasteiger partial charge in [0.05, 0.1) is 5.02 Å². The zero-order valence-corrected chi connectivity index (χ0v) is 10.1. The van der Waals surface area contributed by atoms with Crippen LogP contribution in [0.5, 0.6) is 0 Å². The molecule has 2 nitrogen and oxygen atoms in total. The van der Waals surface area contributed by atoms with E-state index in [1.165, 1.54) is 0 Å². The van der Waals surface area contributed by atoms with Gasteiger partial charge in [0.15, 0.2) is 0 Å². The standard InChI is InChI=1S/C12H16ClNO/c1-8(2)9(3)12(15)6-10-4-5-14-7-11(10)13/h4-5,7-9H,6H2,1-3H3. The first-order valence-electron chi connectivity index (χ1n) is 5.13. The van der Waals surface area contributed by atoms with Crippen molar-refractivity contribution in [3.8, 4) is 0 Å². The molecule has 15 heavy (non-hydrogen) atoms. The average molecular weight is 226 g/mol. The molecule has 0 aliphatic heterocycles. The molecule has 0 aliphatic carbocycles. The van der Waals surface area contributed by atoms with Crippen LogP contribution >= 0.6 is 11.6 Å². The first kappa shape index (κ1) is 12.2. The zero-order chi connectivity index (χ0) is 11.4. The van der Waals surface area contributed by atoms with E-state index in [1.807, 2.05) is 6.92 Å². The molecule has 0 spiro atoms. The van der Waals surface area contributed by atoms with Gasteiger partial charge in [0.2, 0.25) is 0 Å². The van der Waals surface area contributed by atoms with E-state index in [0.29, 0.717) is 17.4 Å². The Morgan fingerprint density at radius 1 is 1.47 bits per heavy atom. The maximum Gasteiger partial charge on any atom is 0.140 e. The van der Waals surface area contributed by atoms with E-state index < -0.39 is 0 Å². The third kappa shape index (κ3) is 3.31. The quantitative estimate of drug-likeness (QED) is 0.788. The number of rotatable bonds is 4. The van der Waals surface area contributed by atoms with Gasteiger partial charge in [-0.2, -0.15) is 0 Å². The molecule has 1 atom stereocenters. The van der Waals surface area contributed by atoms with Crippen molar-refractivity contribution in [2.45, 2.75) is 27.2 Å². The lowest BCUT2D eigenvalue weighted by Crippen LogP contribution is -2.18. The maximum atomic E-state index is 11.8. The van der Waals surface area contributed by atoms with E-state index in [1.54, 1.807) is 18.5 Å². The van der Waals surface area contributed by atoms with Gasteiger partial charge < -0.3 is 0 Å². The number of ketones is 1. The summed E-state index contributed by atoms with van der Waals surface area (Å²) in [5, 5.41) is 0.571. The van der Waals surface area contributed by atoms with Gasteiger partial charge in [0.25, 0.3) is 0 Å². The van der Waals surface area contributed by atoms with Crippen molar-refractivity contribution in [1.29, 1.82) is 0 Å². The smallest absolute Gasteiger partial charge is 0.140 e. The number of hydrogen-bond acceptors (Lipinski definition) is 2. The Balaban J connectivity index is 2.71. The molecule has 0 amide bonds. The molecule has 3 heteroatoms. The minimum atomic E-state index is 0.0780. The molecule has 0 bridgehead atoms. The molecule has 1 aromatic rings. The first-order chi connectivity index (χ1) is 7.02. The highest BCUT2D eigenvalue weighted by Crippen LogP contribution is 2.18. The van der Waals surface area contributed by atoms with E-state index in [-0.39, 0.29) is 11.7 Å². The van der Waals surface area contributed by atoms with E-state index in [4.69, 9.17) is 11.6 Å². The van der Waals surface area contributed by atoms with Crippen molar-refractivity contribution in [3.63, 3.8) is 0 Å². The van der Waals surface area contributed by atoms with Crippen LogP contribution in [0.15, 0.2) is 18.5 Å². The largest absolute Gasteiger partial charge is 0.299 e. The van der Waals surface area contributed by atoms with Crippen molar-refractivity contribution in [3.05, 3.63) is 29.0 Å². The highest BCUT2D eigenvalue weighted by molar-refractivity contribution is 6.31. The SMILES string of the molecule is CC(C)C(C)C(=O)Cc1ccncc1Cl. The van der Waals surface area contributed by atoms with Gasteiger partial charge in [-0.3, -0.25) is 9.78 Å². The van der Waals surface area contributed by atoms with Crippen LogP contribution in [0.4, 0.5) is 0 Å². The molecule has 0 aromatic carbocycles. The van der Waals surface area contributed by atoms with Crippen molar-refractivity contribution in [1.82, 2.24) is 4.98 Å². The summed E-state index contributed by atoms with van der Waals surface area (Å²) >= 11 is 5.94. The van der Waals surface area contributed by atoms with Gasteiger partial charge in [0, 0.05) is 24.7 Å². The van der Waals surface area contributed by atoms with E-state index in [0.717, 1.165) is 5.56 Å². The molecular weight excluding hydrogens is 210 g/mol. The summed E-state index contributed by atoms with van der Waals surface area (Å²) in [6.07, 6.45) is 3.64. The van der Waals surface area contributed by atoms with E-state index in [9.17, 15) is 4.79 Å². The molecule has 1 aromatic heterocycles. The van der Waals surface area contributed by atoms with Crippen LogP contribution in [-0.2, 0) is 11.2 Å². The van der Waals surface area contributed by atoms with E-state index >= 15 is 0 Å². The lowest BCUT2D eigenvalue weighted by Gasteiger charge is -2.14. The molecule has 0 fully saturated rings. The maximum absolute atomic E-state index is 11.8. The lowest BCUT2D eigenvalue weighted by molar-refractivity contribution is -0.122. The molecule has 0 saturated carbocycles. The number of halogens is 1. The molecule has 0 aliphatic rings. The number of pyridine rings is 1. The second-order valence-electron chi connectivity index (χ2n) is 4.14. The number of carbonyl (C=O) groups is 1. The summed E-state index contributed by atoms with van der Waals surface area (Å²) in [5.41, 5.74) is 0.865. The van der Waals surface area contributed by atoms with Crippen LogP contribution in [0.25, 0.3) is 0 Å². The van der Waals surface area contributed by atoms with Crippen molar-refractivity contribution in [2.75, 3.05) is 0 Å². The summed E-state index contributed by atoms with van der Waals surface area (Å²) in [7, 11) is 0. The van der Waals surface area contributed by atoms with Gasteiger partial charge in [0.1, 0.15) is 5.78 Å². The molecular formula is C12H16ClNO. The number of aromatic nitrogens is 1. The van der Waals surface area contributed by atoms with Crippen molar-refractivity contribution in [2.24, 2.45) is 11.8 Å². The molecule has 0 radical (unpaired) electrons. The average Bonchev–Trinajstić information content (AvgIpc) is 2.20. The summed E-state index contributed by atoms with van der Waals surface area (Å²) in [6, 6.07) is 1.80. The fourth-order valence-electron chi connectivity index (χ4n) is 1.27. The number of carbonyl (C=O) groups excluding carboxylic acids is 1.